The van der Waals surface area contributed by atoms with E-state index in [0.29, 0.717) is 12.4 Å². The maximum Gasteiger partial charge on any atom is 0.319 e. The van der Waals surface area contributed by atoms with E-state index in [1.165, 1.54) is 5.56 Å². The first-order valence-corrected chi connectivity index (χ1v) is 7.12. The van der Waals surface area contributed by atoms with Crippen LogP contribution in [0, 0.1) is 20.8 Å². The van der Waals surface area contributed by atoms with E-state index >= 15 is 0 Å². The standard InChI is InChI=1S/C17H21N3O2/c1-11-8-12(2)15(13(3)9-11)20-17(21)19-10-14-6-5-7-18-16(14)22-4/h5-9H,10H2,1-4H3,(H2,19,20,21). The minimum atomic E-state index is -0.249. The Labute approximate surface area is 130 Å². The Morgan fingerprint density at radius 1 is 1.23 bits per heavy atom. The molecule has 1 aromatic carbocycles. The lowest BCUT2D eigenvalue weighted by Gasteiger charge is -2.14. The second kappa shape index (κ2) is 6.93. The highest BCUT2D eigenvalue weighted by Crippen LogP contribution is 2.21. The van der Waals surface area contributed by atoms with Gasteiger partial charge in [-0.05, 0) is 38.0 Å². The van der Waals surface area contributed by atoms with E-state index in [2.05, 4.69) is 15.6 Å². The van der Waals surface area contributed by atoms with Gasteiger partial charge in [-0.3, -0.25) is 0 Å². The van der Waals surface area contributed by atoms with Gasteiger partial charge in [-0.15, -0.1) is 0 Å². The number of anilines is 1. The van der Waals surface area contributed by atoms with Gasteiger partial charge in [0.05, 0.1) is 7.11 Å². The molecule has 0 spiro atoms. The number of methoxy groups -OCH3 is 1. The number of pyridine rings is 1. The number of rotatable bonds is 4. The number of nitrogens with one attached hydrogen (secondary N) is 2. The Balaban J connectivity index is 2.02. The minimum absolute atomic E-state index is 0.249. The third-order valence-electron chi connectivity index (χ3n) is 3.40. The molecule has 2 rings (SSSR count). The highest BCUT2D eigenvalue weighted by molar-refractivity contribution is 5.91. The summed E-state index contributed by atoms with van der Waals surface area (Å²) in [6.45, 7) is 6.37. The number of nitrogens with zero attached hydrogens (tertiary/aromatic N) is 1. The van der Waals surface area contributed by atoms with Gasteiger partial charge in [0.25, 0.3) is 0 Å². The van der Waals surface area contributed by atoms with Crippen LogP contribution in [0.25, 0.3) is 0 Å². The van der Waals surface area contributed by atoms with E-state index in [4.69, 9.17) is 4.74 Å². The van der Waals surface area contributed by atoms with Gasteiger partial charge in [-0.1, -0.05) is 23.8 Å². The van der Waals surface area contributed by atoms with Gasteiger partial charge in [0.2, 0.25) is 5.88 Å². The first-order valence-electron chi connectivity index (χ1n) is 7.12. The van der Waals surface area contributed by atoms with E-state index < -0.39 is 0 Å². The van der Waals surface area contributed by atoms with Crippen LogP contribution in [0.1, 0.15) is 22.3 Å². The first-order chi connectivity index (χ1) is 10.5. The van der Waals surface area contributed by atoms with Crippen molar-refractivity contribution in [2.24, 2.45) is 0 Å². The minimum Gasteiger partial charge on any atom is -0.481 e. The molecule has 0 aliphatic rings. The van der Waals surface area contributed by atoms with Crippen LogP contribution in [0.15, 0.2) is 30.5 Å². The number of hydrogen-bond donors (Lipinski definition) is 2. The van der Waals surface area contributed by atoms with Gasteiger partial charge in [0.15, 0.2) is 0 Å². The van der Waals surface area contributed by atoms with Crippen molar-refractivity contribution in [3.05, 3.63) is 52.7 Å². The Bertz CT molecular complexity index is 660. The lowest BCUT2D eigenvalue weighted by atomic mass is 10.1. The molecule has 5 nitrogen and oxygen atoms in total. The lowest BCUT2D eigenvalue weighted by molar-refractivity contribution is 0.251. The quantitative estimate of drug-likeness (QED) is 0.910. The SMILES string of the molecule is COc1ncccc1CNC(=O)Nc1c(C)cc(C)cc1C. The van der Waals surface area contributed by atoms with Crippen molar-refractivity contribution in [3.8, 4) is 5.88 Å². The fourth-order valence-electron chi connectivity index (χ4n) is 2.45. The zero-order chi connectivity index (χ0) is 16.1. The summed E-state index contributed by atoms with van der Waals surface area (Å²) in [4.78, 5) is 16.2. The van der Waals surface area contributed by atoms with Crippen LogP contribution >= 0.6 is 0 Å². The van der Waals surface area contributed by atoms with E-state index in [0.717, 1.165) is 22.4 Å². The molecule has 0 aliphatic carbocycles. The van der Waals surface area contributed by atoms with Gasteiger partial charge >= 0.3 is 6.03 Å². The predicted octanol–water partition coefficient (Wildman–Crippen LogP) is 3.34. The number of ether oxygens (including phenoxy) is 1. The molecule has 0 radical (unpaired) electrons. The van der Waals surface area contributed by atoms with Crippen LogP contribution in [-0.4, -0.2) is 18.1 Å². The average Bonchev–Trinajstić information content (AvgIpc) is 2.49. The van der Waals surface area contributed by atoms with E-state index in [-0.39, 0.29) is 6.03 Å². The third-order valence-corrected chi connectivity index (χ3v) is 3.40. The van der Waals surface area contributed by atoms with Crippen LogP contribution in [0.2, 0.25) is 0 Å². The summed E-state index contributed by atoms with van der Waals surface area (Å²) in [5.74, 6) is 0.519. The van der Waals surface area contributed by atoms with E-state index in [1.54, 1.807) is 13.3 Å². The first kappa shape index (κ1) is 15.8. The molecule has 0 saturated heterocycles. The van der Waals surface area contributed by atoms with Crippen molar-refractivity contribution in [1.29, 1.82) is 0 Å². The summed E-state index contributed by atoms with van der Waals surface area (Å²) < 4.78 is 5.16. The molecule has 0 saturated carbocycles. The van der Waals surface area contributed by atoms with Crippen LogP contribution in [0.5, 0.6) is 5.88 Å². The van der Waals surface area contributed by atoms with Crippen molar-refractivity contribution in [1.82, 2.24) is 10.3 Å². The maximum atomic E-state index is 12.1. The van der Waals surface area contributed by atoms with Gasteiger partial charge < -0.3 is 15.4 Å². The molecule has 116 valence electrons. The van der Waals surface area contributed by atoms with Crippen molar-refractivity contribution in [2.75, 3.05) is 12.4 Å². The molecule has 0 unspecified atom stereocenters. The van der Waals surface area contributed by atoms with Crippen molar-refractivity contribution < 1.29 is 9.53 Å². The predicted molar refractivity (Wildman–Crippen MR) is 87.3 cm³/mol. The van der Waals surface area contributed by atoms with Gasteiger partial charge in [-0.25, -0.2) is 9.78 Å². The largest absolute Gasteiger partial charge is 0.481 e. The molecule has 2 amide bonds. The van der Waals surface area contributed by atoms with Crippen molar-refractivity contribution >= 4 is 11.7 Å². The van der Waals surface area contributed by atoms with Gasteiger partial charge in [0, 0.05) is 24.0 Å². The molecular formula is C17H21N3O2. The molecule has 2 N–H and O–H groups in total. The lowest BCUT2D eigenvalue weighted by Crippen LogP contribution is -2.29. The maximum absolute atomic E-state index is 12.1. The molecule has 0 atom stereocenters. The average molecular weight is 299 g/mol. The van der Waals surface area contributed by atoms with Gasteiger partial charge in [-0.2, -0.15) is 0 Å². The van der Waals surface area contributed by atoms with Crippen molar-refractivity contribution in [3.63, 3.8) is 0 Å². The van der Waals surface area contributed by atoms with Crippen LogP contribution in [0.3, 0.4) is 0 Å². The molecule has 0 aliphatic heterocycles. The number of urea groups is 1. The molecule has 1 aromatic heterocycles. The molecule has 22 heavy (non-hydrogen) atoms. The Morgan fingerprint density at radius 2 is 1.91 bits per heavy atom. The summed E-state index contributed by atoms with van der Waals surface area (Å²) in [7, 11) is 1.56. The molecule has 5 heteroatoms. The molecule has 0 fully saturated rings. The van der Waals surface area contributed by atoms with E-state index in [9.17, 15) is 4.79 Å². The highest BCUT2D eigenvalue weighted by Gasteiger charge is 2.09. The second-order valence-corrected chi connectivity index (χ2v) is 5.25. The fourth-order valence-corrected chi connectivity index (χ4v) is 2.45. The summed E-state index contributed by atoms with van der Waals surface area (Å²) in [6, 6.07) is 7.53. The zero-order valence-corrected chi connectivity index (χ0v) is 13.4. The fraction of sp³-hybridized carbons (Fsp3) is 0.294. The molecule has 0 bridgehead atoms. The van der Waals surface area contributed by atoms with Crippen LogP contribution in [-0.2, 0) is 6.54 Å². The number of aryl methyl sites for hydroxylation is 3. The van der Waals surface area contributed by atoms with Crippen LogP contribution < -0.4 is 15.4 Å². The monoisotopic (exact) mass is 299 g/mol. The Morgan fingerprint density at radius 3 is 2.55 bits per heavy atom. The molecule has 1 heterocycles. The van der Waals surface area contributed by atoms with Crippen LogP contribution in [0.4, 0.5) is 10.5 Å². The molecular weight excluding hydrogens is 278 g/mol. The smallest absolute Gasteiger partial charge is 0.319 e. The number of carbonyl (C=O) groups excluding carboxylic acids is 1. The summed E-state index contributed by atoms with van der Waals surface area (Å²) >= 11 is 0. The second-order valence-electron chi connectivity index (χ2n) is 5.25. The Hall–Kier alpha value is -2.56. The summed E-state index contributed by atoms with van der Waals surface area (Å²) in [5, 5.41) is 5.72. The van der Waals surface area contributed by atoms with Gasteiger partial charge in [0.1, 0.15) is 0 Å². The number of benzene rings is 1. The summed E-state index contributed by atoms with van der Waals surface area (Å²) in [6.07, 6.45) is 1.65. The van der Waals surface area contributed by atoms with E-state index in [1.807, 2.05) is 45.0 Å². The topological polar surface area (TPSA) is 63.2 Å². The number of carbonyl (C=O) groups is 1. The zero-order valence-electron chi connectivity index (χ0n) is 13.4. The Kier molecular flexibility index (Phi) is 4.99. The van der Waals surface area contributed by atoms with Crippen molar-refractivity contribution in [2.45, 2.75) is 27.3 Å². The normalized spacial score (nSPS) is 10.2. The number of amides is 2. The number of hydrogen-bond acceptors (Lipinski definition) is 3. The summed E-state index contributed by atoms with van der Waals surface area (Å²) in [5.41, 5.74) is 4.96. The molecule has 2 aromatic rings. The third kappa shape index (κ3) is 3.75. The number of aromatic nitrogens is 1. The highest BCUT2D eigenvalue weighted by atomic mass is 16.5.